The maximum Gasteiger partial charge on any atom is 0.250 e. The Kier molecular flexibility index (Phi) is 4.12. The van der Waals surface area contributed by atoms with Gasteiger partial charge in [-0.2, -0.15) is 0 Å². The third kappa shape index (κ3) is 2.37. The number of anilines is 1. The molecule has 0 saturated carbocycles. The maximum atomic E-state index is 13.5. The number of fused-ring (bicyclic) bond motifs is 4. The molecule has 2 aromatic rings. The molecule has 0 radical (unpaired) electrons. The van der Waals surface area contributed by atoms with Crippen LogP contribution < -0.4 is 10.6 Å². The highest BCUT2D eigenvalue weighted by Gasteiger charge is 2.69. The van der Waals surface area contributed by atoms with Crippen molar-refractivity contribution in [1.82, 2.24) is 10.2 Å². The molecule has 154 valence electrons. The molecule has 2 N–H and O–H groups in total. The Hall–Kier alpha value is -2.99. The van der Waals surface area contributed by atoms with Crippen molar-refractivity contribution in [1.29, 1.82) is 0 Å². The molecule has 2 unspecified atom stereocenters. The van der Waals surface area contributed by atoms with Gasteiger partial charge in [0.2, 0.25) is 17.7 Å². The Labute approximate surface area is 175 Å². The Morgan fingerprint density at radius 3 is 2.47 bits per heavy atom. The number of imide groups is 1. The first-order chi connectivity index (χ1) is 14.4. The van der Waals surface area contributed by atoms with Gasteiger partial charge in [-0.05, 0) is 43.9 Å². The lowest BCUT2D eigenvalue weighted by atomic mass is 9.76. The minimum Gasteiger partial charge on any atom is -0.324 e. The van der Waals surface area contributed by atoms with Gasteiger partial charge in [-0.3, -0.25) is 24.6 Å². The summed E-state index contributed by atoms with van der Waals surface area (Å²) in [6, 6.07) is 13.4. The van der Waals surface area contributed by atoms with Gasteiger partial charge in [-0.15, -0.1) is 0 Å². The summed E-state index contributed by atoms with van der Waals surface area (Å²) in [4.78, 5) is 41.4. The predicted octanol–water partition coefficient (Wildman–Crippen LogP) is 2.29. The van der Waals surface area contributed by atoms with Crippen molar-refractivity contribution in [3.05, 3.63) is 64.7 Å². The number of hydrogen-bond acceptors (Lipinski definition) is 4. The van der Waals surface area contributed by atoms with E-state index in [4.69, 9.17) is 0 Å². The zero-order chi connectivity index (χ0) is 21.2. The van der Waals surface area contributed by atoms with Crippen LogP contribution in [0.4, 0.5) is 5.69 Å². The molecule has 6 heteroatoms. The topological polar surface area (TPSA) is 78.5 Å². The molecule has 3 aliphatic rings. The van der Waals surface area contributed by atoms with E-state index >= 15 is 0 Å². The van der Waals surface area contributed by atoms with Gasteiger partial charge in [-0.25, -0.2) is 0 Å². The highest BCUT2D eigenvalue weighted by molar-refractivity contribution is 6.15. The SMILES string of the molecule is Cc1ccc2c(c1C)NC(=O)C21NC(C)[C@@H]2C(=O)N(CCc3ccccc3)C(=O)[C@@H]21. The van der Waals surface area contributed by atoms with Crippen LogP contribution >= 0.6 is 0 Å². The van der Waals surface area contributed by atoms with Gasteiger partial charge in [0.05, 0.1) is 11.8 Å². The zero-order valence-corrected chi connectivity index (χ0v) is 17.4. The van der Waals surface area contributed by atoms with Crippen LogP contribution in [0.3, 0.4) is 0 Å². The number of carbonyl (C=O) groups is 3. The zero-order valence-electron chi connectivity index (χ0n) is 17.4. The average molecular weight is 403 g/mol. The monoisotopic (exact) mass is 403 g/mol. The predicted molar refractivity (Wildman–Crippen MR) is 113 cm³/mol. The van der Waals surface area contributed by atoms with E-state index < -0.39 is 17.4 Å². The largest absolute Gasteiger partial charge is 0.324 e. The third-order valence-electron chi connectivity index (χ3n) is 7.13. The molecule has 3 amide bonds. The van der Waals surface area contributed by atoms with Crippen LogP contribution in [0.1, 0.15) is 29.2 Å². The van der Waals surface area contributed by atoms with E-state index in [1.54, 1.807) is 0 Å². The van der Waals surface area contributed by atoms with Gasteiger partial charge in [0.15, 0.2) is 0 Å². The summed E-state index contributed by atoms with van der Waals surface area (Å²) in [6.45, 7) is 6.19. The van der Waals surface area contributed by atoms with E-state index in [0.717, 1.165) is 27.9 Å². The summed E-state index contributed by atoms with van der Waals surface area (Å²) in [7, 11) is 0. The molecule has 6 nitrogen and oxygen atoms in total. The maximum absolute atomic E-state index is 13.5. The number of likely N-dealkylation sites (tertiary alicyclic amines) is 1. The second kappa shape index (κ2) is 6.51. The van der Waals surface area contributed by atoms with E-state index in [0.29, 0.717) is 13.0 Å². The highest BCUT2D eigenvalue weighted by Crippen LogP contribution is 2.53. The fraction of sp³-hybridized carbons (Fsp3) is 0.375. The quantitative estimate of drug-likeness (QED) is 0.771. The number of aryl methyl sites for hydroxylation is 1. The van der Waals surface area contributed by atoms with Gasteiger partial charge in [-0.1, -0.05) is 42.5 Å². The summed E-state index contributed by atoms with van der Waals surface area (Å²) in [5.41, 5.74) is 3.50. The van der Waals surface area contributed by atoms with Crippen LogP contribution in [-0.4, -0.2) is 35.2 Å². The fourth-order valence-electron chi connectivity index (χ4n) is 5.45. The lowest BCUT2D eigenvalue weighted by Gasteiger charge is -2.29. The van der Waals surface area contributed by atoms with Crippen LogP contribution in [0.5, 0.6) is 0 Å². The Bertz CT molecular complexity index is 1080. The molecule has 5 rings (SSSR count). The molecule has 0 bridgehead atoms. The normalized spacial score (nSPS) is 29.5. The van der Waals surface area contributed by atoms with Gasteiger partial charge in [0.1, 0.15) is 5.54 Å². The summed E-state index contributed by atoms with van der Waals surface area (Å²) < 4.78 is 0. The average Bonchev–Trinajstić information content (AvgIpc) is 3.29. The van der Waals surface area contributed by atoms with Crippen molar-refractivity contribution in [3.63, 3.8) is 0 Å². The minimum absolute atomic E-state index is 0.178. The van der Waals surface area contributed by atoms with Crippen molar-refractivity contribution >= 4 is 23.4 Å². The molecule has 3 aliphatic heterocycles. The minimum atomic E-state index is -1.19. The molecule has 0 aliphatic carbocycles. The number of nitrogens with zero attached hydrogens (tertiary/aromatic N) is 1. The second-order valence-electron chi connectivity index (χ2n) is 8.69. The molecular formula is C24H25N3O3. The molecule has 2 fully saturated rings. The number of benzene rings is 2. The number of amides is 3. The highest BCUT2D eigenvalue weighted by atomic mass is 16.2. The lowest BCUT2D eigenvalue weighted by molar-refractivity contribution is -0.142. The van der Waals surface area contributed by atoms with Gasteiger partial charge in [0.25, 0.3) is 0 Å². The summed E-state index contributed by atoms with van der Waals surface area (Å²) in [5.74, 6) is -1.93. The van der Waals surface area contributed by atoms with Crippen LogP contribution in [0.2, 0.25) is 0 Å². The summed E-state index contributed by atoms with van der Waals surface area (Å²) >= 11 is 0. The Balaban J connectivity index is 1.53. The van der Waals surface area contributed by atoms with E-state index in [1.165, 1.54) is 4.90 Å². The molecule has 1 spiro atoms. The fourth-order valence-corrected chi connectivity index (χ4v) is 5.45. The van der Waals surface area contributed by atoms with Crippen molar-refractivity contribution < 1.29 is 14.4 Å². The molecule has 2 aromatic carbocycles. The number of rotatable bonds is 3. The van der Waals surface area contributed by atoms with E-state index in [2.05, 4.69) is 10.6 Å². The van der Waals surface area contributed by atoms with E-state index in [-0.39, 0.29) is 23.8 Å². The van der Waals surface area contributed by atoms with Crippen molar-refractivity contribution in [2.75, 3.05) is 11.9 Å². The lowest BCUT2D eigenvalue weighted by Crippen LogP contribution is -2.53. The summed E-state index contributed by atoms with van der Waals surface area (Å²) in [5, 5.41) is 6.36. The van der Waals surface area contributed by atoms with E-state index in [1.807, 2.05) is 63.2 Å². The van der Waals surface area contributed by atoms with Gasteiger partial charge >= 0.3 is 0 Å². The van der Waals surface area contributed by atoms with Crippen LogP contribution in [0.25, 0.3) is 0 Å². The number of carbonyl (C=O) groups excluding carboxylic acids is 3. The third-order valence-corrected chi connectivity index (χ3v) is 7.13. The standard InChI is InChI=1S/C24H25N3O3/c1-13-9-10-17-20(14(13)2)25-23(30)24(17)19-18(15(3)26-24)21(28)27(22(19)29)12-11-16-7-5-4-6-8-16/h4-10,15,18-19,26H,11-12H2,1-3H3,(H,25,30)/t15?,18-,19+,24?/m0/s1. The van der Waals surface area contributed by atoms with E-state index in [9.17, 15) is 14.4 Å². The van der Waals surface area contributed by atoms with Crippen molar-refractivity contribution in [3.8, 4) is 0 Å². The Morgan fingerprint density at radius 1 is 1.00 bits per heavy atom. The molecule has 30 heavy (non-hydrogen) atoms. The molecule has 3 heterocycles. The number of nitrogens with one attached hydrogen (secondary N) is 2. The van der Waals surface area contributed by atoms with Gasteiger partial charge < -0.3 is 5.32 Å². The molecule has 4 atom stereocenters. The van der Waals surface area contributed by atoms with Crippen LogP contribution in [0.15, 0.2) is 42.5 Å². The first kappa shape index (κ1) is 19.0. The van der Waals surface area contributed by atoms with Crippen LogP contribution in [-0.2, 0) is 26.3 Å². The molecule has 2 saturated heterocycles. The molecule has 0 aromatic heterocycles. The second-order valence-corrected chi connectivity index (χ2v) is 8.69. The first-order valence-electron chi connectivity index (χ1n) is 10.4. The Morgan fingerprint density at radius 2 is 1.73 bits per heavy atom. The summed E-state index contributed by atoms with van der Waals surface area (Å²) in [6.07, 6.45) is 0.605. The smallest absolute Gasteiger partial charge is 0.250 e. The van der Waals surface area contributed by atoms with Gasteiger partial charge in [0, 0.05) is 23.8 Å². The number of hydrogen-bond donors (Lipinski definition) is 2. The van der Waals surface area contributed by atoms with Crippen molar-refractivity contribution in [2.45, 2.75) is 38.8 Å². The first-order valence-corrected chi connectivity index (χ1v) is 10.4. The molecular weight excluding hydrogens is 378 g/mol. The van der Waals surface area contributed by atoms with Crippen molar-refractivity contribution in [2.24, 2.45) is 11.8 Å². The van der Waals surface area contributed by atoms with Crippen LogP contribution in [0, 0.1) is 25.7 Å².